The van der Waals surface area contributed by atoms with Gasteiger partial charge in [-0.1, -0.05) is 0 Å². The number of hydrogen-bond acceptors (Lipinski definition) is 5. The predicted octanol–water partition coefficient (Wildman–Crippen LogP) is 4.13. The van der Waals surface area contributed by atoms with Crippen molar-refractivity contribution in [3.8, 4) is 5.75 Å². The minimum Gasteiger partial charge on any atom is -0.508 e. The van der Waals surface area contributed by atoms with Crippen LogP contribution in [-0.4, -0.2) is 18.1 Å². The highest BCUT2D eigenvalue weighted by molar-refractivity contribution is 7.85. The third-order valence-corrected chi connectivity index (χ3v) is 4.35. The Bertz CT molecular complexity index is 951. The van der Waals surface area contributed by atoms with Crippen LogP contribution in [0.1, 0.15) is 0 Å². The fourth-order valence-electron chi connectivity index (χ4n) is 2.23. The molecule has 0 unspecified atom stereocenters. The number of phenolic OH excluding ortho intramolecular Hbond substituents is 1. The molecule has 0 fully saturated rings. The second-order valence-electron chi connectivity index (χ2n) is 5.37. The molecule has 0 saturated heterocycles. The Morgan fingerprint density at radius 2 is 0.920 bits per heavy atom. The van der Waals surface area contributed by atoms with Crippen LogP contribution in [0.4, 0.5) is 22.7 Å². The maximum Gasteiger partial charge on any atom is 0.294 e. The van der Waals surface area contributed by atoms with Crippen LogP contribution in [0.3, 0.4) is 0 Å². The topological polar surface area (TPSA) is 98.7 Å². The second-order valence-corrected chi connectivity index (χ2v) is 6.80. The van der Waals surface area contributed by atoms with Gasteiger partial charge in [-0.15, -0.1) is 0 Å². The van der Waals surface area contributed by atoms with Gasteiger partial charge in [0, 0.05) is 22.7 Å². The molecule has 0 atom stereocenters. The number of aromatic hydroxyl groups is 1. The first-order chi connectivity index (χ1) is 11.9. The molecule has 7 heteroatoms. The molecular formula is C18H16N2O4S. The molecule has 3 aromatic carbocycles. The van der Waals surface area contributed by atoms with E-state index in [1.807, 2.05) is 24.3 Å². The molecule has 0 aliphatic rings. The van der Waals surface area contributed by atoms with E-state index in [1.165, 1.54) is 12.1 Å². The summed E-state index contributed by atoms with van der Waals surface area (Å²) in [6.07, 6.45) is 0. The van der Waals surface area contributed by atoms with Gasteiger partial charge in [-0.3, -0.25) is 4.55 Å². The van der Waals surface area contributed by atoms with Gasteiger partial charge in [0.05, 0.1) is 4.90 Å². The molecule has 128 valence electrons. The van der Waals surface area contributed by atoms with Crippen LogP contribution in [0.2, 0.25) is 0 Å². The highest BCUT2D eigenvalue weighted by Crippen LogP contribution is 2.23. The largest absolute Gasteiger partial charge is 0.508 e. The number of phenols is 1. The molecule has 0 saturated carbocycles. The Labute approximate surface area is 145 Å². The summed E-state index contributed by atoms with van der Waals surface area (Å²) in [7, 11) is -4.18. The summed E-state index contributed by atoms with van der Waals surface area (Å²) < 4.78 is 31.0. The summed E-state index contributed by atoms with van der Waals surface area (Å²) in [5, 5.41) is 15.6. The average Bonchev–Trinajstić information content (AvgIpc) is 2.58. The number of nitrogens with one attached hydrogen (secondary N) is 2. The Balaban J connectivity index is 1.67. The van der Waals surface area contributed by atoms with Crippen molar-refractivity contribution in [2.75, 3.05) is 10.6 Å². The monoisotopic (exact) mass is 356 g/mol. The van der Waals surface area contributed by atoms with Crippen LogP contribution >= 0.6 is 0 Å². The van der Waals surface area contributed by atoms with Gasteiger partial charge in [0.2, 0.25) is 0 Å². The molecule has 0 aliphatic carbocycles. The number of rotatable bonds is 5. The van der Waals surface area contributed by atoms with Crippen LogP contribution in [0, 0.1) is 0 Å². The average molecular weight is 356 g/mol. The van der Waals surface area contributed by atoms with Crippen LogP contribution in [0.15, 0.2) is 77.7 Å². The molecule has 0 spiro atoms. The van der Waals surface area contributed by atoms with E-state index in [4.69, 9.17) is 4.55 Å². The van der Waals surface area contributed by atoms with Crippen molar-refractivity contribution in [3.63, 3.8) is 0 Å². The van der Waals surface area contributed by atoms with Crippen molar-refractivity contribution in [2.45, 2.75) is 4.90 Å². The van der Waals surface area contributed by atoms with E-state index in [2.05, 4.69) is 10.6 Å². The molecule has 3 aromatic rings. The summed E-state index contributed by atoms with van der Waals surface area (Å²) in [6, 6.07) is 20.1. The van der Waals surface area contributed by atoms with E-state index in [0.717, 1.165) is 17.1 Å². The van der Waals surface area contributed by atoms with Crippen molar-refractivity contribution in [1.29, 1.82) is 0 Å². The molecule has 0 amide bonds. The van der Waals surface area contributed by atoms with E-state index >= 15 is 0 Å². The van der Waals surface area contributed by atoms with Gasteiger partial charge in [-0.2, -0.15) is 8.42 Å². The van der Waals surface area contributed by atoms with Gasteiger partial charge in [0.25, 0.3) is 10.1 Å². The Morgan fingerprint density at radius 1 is 0.600 bits per heavy atom. The van der Waals surface area contributed by atoms with Crippen molar-refractivity contribution in [1.82, 2.24) is 0 Å². The van der Waals surface area contributed by atoms with Crippen LogP contribution < -0.4 is 10.6 Å². The van der Waals surface area contributed by atoms with E-state index < -0.39 is 10.1 Å². The fourth-order valence-corrected chi connectivity index (χ4v) is 2.71. The quantitative estimate of drug-likeness (QED) is 0.405. The predicted molar refractivity (Wildman–Crippen MR) is 97.4 cm³/mol. The molecule has 0 aliphatic heterocycles. The van der Waals surface area contributed by atoms with Gasteiger partial charge in [-0.05, 0) is 72.8 Å². The fraction of sp³-hybridized carbons (Fsp3) is 0. The molecule has 6 nitrogen and oxygen atoms in total. The van der Waals surface area contributed by atoms with E-state index in [9.17, 15) is 13.5 Å². The first-order valence-corrected chi connectivity index (χ1v) is 8.85. The number of hydrogen-bond donors (Lipinski definition) is 4. The lowest BCUT2D eigenvalue weighted by Gasteiger charge is -2.10. The lowest BCUT2D eigenvalue weighted by atomic mass is 10.2. The molecule has 0 heterocycles. The standard InChI is InChI=1S/C18H16N2O4S/c21-17-9-5-15(6-10-17)19-13-1-3-14(4-2-13)20-16-7-11-18(12-8-16)25(22,23)24/h1-12,19-21H,(H,22,23,24). The zero-order valence-electron chi connectivity index (χ0n) is 13.0. The molecule has 0 radical (unpaired) electrons. The molecule has 3 rings (SSSR count). The second kappa shape index (κ2) is 6.84. The summed E-state index contributed by atoms with van der Waals surface area (Å²) in [5.41, 5.74) is 3.28. The third kappa shape index (κ3) is 4.50. The lowest BCUT2D eigenvalue weighted by Crippen LogP contribution is -1.98. The number of benzene rings is 3. The Morgan fingerprint density at radius 3 is 1.28 bits per heavy atom. The SMILES string of the molecule is O=S(=O)(O)c1ccc(Nc2ccc(Nc3ccc(O)cc3)cc2)cc1. The molecule has 0 bridgehead atoms. The zero-order valence-corrected chi connectivity index (χ0v) is 13.9. The maximum atomic E-state index is 11.0. The van der Waals surface area contributed by atoms with Crippen molar-refractivity contribution >= 4 is 32.9 Å². The van der Waals surface area contributed by atoms with Crippen molar-refractivity contribution < 1.29 is 18.1 Å². The highest BCUT2D eigenvalue weighted by Gasteiger charge is 2.08. The maximum absolute atomic E-state index is 11.0. The van der Waals surface area contributed by atoms with E-state index in [0.29, 0.717) is 5.69 Å². The highest BCUT2D eigenvalue weighted by atomic mass is 32.2. The van der Waals surface area contributed by atoms with Gasteiger partial charge >= 0.3 is 0 Å². The minimum absolute atomic E-state index is 0.147. The summed E-state index contributed by atoms with van der Waals surface area (Å²) in [5.74, 6) is 0.213. The van der Waals surface area contributed by atoms with Crippen LogP contribution in [0.5, 0.6) is 5.75 Å². The van der Waals surface area contributed by atoms with Crippen molar-refractivity contribution in [2.24, 2.45) is 0 Å². The summed E-state index contributed by atoms with van der Waals surface area (Å²) in [6.45, 7) is 0. The van der Waals surface area contributed by atoms with Crippen LogP contribution in [0.25, 0.3) is 0 Å². The molecule has 0 aromatic heterocycles. The Hall–Kier alpha value is -3.03. The van der Waals surface area contributed by atoms with Crippen molar-refractivity contribution in [3.05, 3.63) is 72.8 Å². The minimum atomic E-state index is -4.18. The van der Waals surface area contributed by atoms with Gasteiger partial charge in [0.15, 0.2) is 0 Å². The first kappa shape index (κ1) is 16.8. The number of anilines is 4. The van der Waals surface area contributed by atoms with E-state index in [1.54, 1.807) is 36.4 Å². The zero-order chi connectivity index (χ0) is 17.9. The van der Waals surface area contributed by atoms with Gasteiger partial charge in [0.1, 0.15) is 5.75 Å². The molecule has 25 heavy (non-hydrogen) atoms. The van der Waals surface area contributed by atoms with E-state index in [-0.39, 0.29) is 10.6 Å². The lowest BCUT2D eigenvalue weighted by molar-refractivity contribution is 0.475. The first-order valence-electron chi connectivity index (χ1n) is 7.41. The normalized spacial score (nSPS) is 11.1. The molecular weight excluding hydrogens is 340 g/mol. The van der Waals surface area contributed by atoms with Gasteiger partial charge < -0.3 is 15.7 Å². The smallest absolute Gasteiger partial charge is 0.294 e. The Kier molecular flexibility index (Phi) is 4.60. The van der Waals surface area contributed by atoms with Crippen LogP contribution in [-0.2, 0) is 10.1 Å². The molecule has 4 N–H and O–H groups in total. The summed E-state index contributed by atoms with van der Waals surface area (Å²) >= 11 is 0. The third-order valence-electron chi connectivity index (χ3n) is 3.48. The van der Waals surface area contributed by atoms with Gasteiger partial charge in [-0.25, -0.2) is 0 Å². The summed E-state index contributed by atoms with van der Waals surface area (Å²) in [4.78, 5) is -0.147.